The lowest BCUT2D eigenvalue weighted by Crippen LogP contribution is -2.09. The lowest BCUT2D eigenvalue weighted by atomic mass is 9.97. The van der Waals surface area contributed by atoms with Gasteiger partial charge in [0, 0.05) is 28.0 Å². The summed E-state index contributed by atoms with van der Waals surface area (Å²) in [6, 6.07) is 71.1. The van der Waals surface area contributed by atoms with Crippen LogP contribution in [0.5, 0.6) is 0 Å². The molecule has 0 atom stereocenters. The summed E-state index contributed by atoms with van der Waals surface area (Å²) in [7, 11) is 0. The smallest absolute Gasteiger partial charge is 0.135 e. The quantitative estimate of drug-likeness (QED) is 0.173. The molecule has 0 saturated heterocycles. The SMILES string of the molecule is c1ccc(N(c2ccc(-c3cccc(-c4ccc5ccccc5c4)c3)cc2)c2ccc(-c3cccc(-c4cc5ccccc5o4)c3)cc2)cc1. The van der Waals surface area contributed by atoms with Crippen LogP contribution in [-0.2, 0) is 0 Å². The summed E-state index contributed by atoms with van der Waals surface area (Å²) >= 11 is 0. The highest BCUT2D eigenvalue weighted by Crippen LogP contribution is 2.38. The van der Waals surface area contributed by atoms with Gasteiger partial charge in [-0.25, -0.2) is 0 Å². The van der Waals surface area contributed by atoms with Crippen molar-refractivity contribution in [2.45, 2.75) is 0 Å². The van der Waals surface area contributed by atoms with Gasteiger partial charge in [0.15, 0.2) is 0 Å². The van der Waals surface area contributed by atoms with Crippen LogP contribution in [0.1, 0.15) is 0 Å². The second-order valence-corrected chi connectivity index (χ2v) is 12.6. The zero-order valence-electron chi connectivity index (χ0n) is 27.4. The summed E-state index contributed by atoms with van der Waals surface area (Å²) in [5.74, 6) is 0.879. The van der Waals surface area contributed by atoms with E-state index in [0.717, 1.165) is 50.5 Å². The predicted octanol–water partition coefficient (Wildman–Crippen LogP) is 13.7. The molecule has 0 aliphatic heterocycles. The average molecular weight is 640 g/mol. The number of hydrogen-bond acceptors (Lipinski definition) is 2. The maximum absolute atomic E-state index is 6.16. The van der Waals surface area contributed by atoms with Crippen molar-refractivity contribution in [3.05, 3.63) is 200 Å². The maximum atomic E-state index is 6.16. The van der Waals surface area contributed by atoms with Gasteiger partial charge >= 0.3 is 0 Å². The summed E-state index contributed by atoms with van der Waals surface area (Å²) < 4.78 is 6.16. The van der Waals surface area contributed by atoms with Gasteiger partial charge in [-0.3, -0.25) is 0 Å². The van der Waals surface area contributed by atoms with E-state index in [9.17, 15) is 0 Å². The Morgan fingerprint density at radius 2 is 0.760 bits per heavy atom. The molecule has 8 aromatic carbocycles. The molecule has 1 aromatic heterocycles. The summed E-state index contributed by atoms with van der Waals surface area (Å²) in [5.41, 5.74) is 12.4. The second kappa shape index (κ2) is 12.8. The van der Waals surface area contributed by atoms with Crippen LogP contribution in [0.3, 0.4) is 0 Å². The minimum atomic E-state index is 0.879. The molecule has 0 bridgehead atoms. The highest BCUT2D eigenvalue weighted by Gasteiger charge is 2.14. The van der Waals surface area contributed by atoms with Gasteiger partial charge in [0.2, 0.25) is 0 Å². The van der Waals surface area contributed by atoms with E-state index >= 15 is 0 Å². The van der Waals surface area contributed by atoms with Crippen molar-refractivity contribution in [2.24, 2.45) is 0 Å². The highest BCUT2D eigenvalue weighted by atomic mass is 16.3. The first-order chi connectivity index (χ1) is 24.7. The van der Waals surface area contributed by atoms with Crippen LogP contribution >= 0.6 is 0 Å². The van der Waals surface area contributed by atoms with E-state index in [1.165, 1.54) is 33.0 Å². The molecule has 0 amide bonds. The molecule has 9 aromatic rings. The normalized spacial score (nSPS) is 11.2. The molecule has 2 heteroatoms. The Hall–Kier alpha value is -6.64. The van der Waals surface area contributed by atoms with Crippen molar-refractivity contribution in [1.29, 1.82) is 0 Å². The number of rotatable bonds is 7. The molecule has 1 heterocycles. The van der Waals surface area contributed by atoms with Crippen molar-refractivity contribution in [2.75, 3.05) is 4.90 Å². The zero-order chi connectivity index (χ0) is 33.3. The Kier molecular flexibility index (Phi) is 7.53. The molecule has 0 saturated carbocycles. The van der Waals surface area contributed by atoms with E-state index in [1.807, 2.05) is 18.2 Å². The molecule has 0 aliphatic carbocycles. The largest absolute Gasteiger partial charge is 0.456 e. The van der Waals surface area contributed by atoms with Crippen LogP contribution in [0.25, 0.3) is 66.4 Å². The maximum Gasteiger partial charge on any atom is 0.135 e. The van der Waals surface area contributed by atoms with Gasteiger partial charge in [-0.15, -0.1) is 0 Å². The monoisotopic (exact) mass is 639 g/mol. The van der Waals surface area contributed by atoms with Gasteiger partial charge in [-0.1, -0.05) is 133 Å². The Balaban J connectivity index is 1.01. The summed E-state index contributed by atoms with van der Waals surface area (Å²) in [6.07, 6.45) is 0. The molecule has 50 heavy (non-hydrogen) atoms. The lowest BCUT2D eigenvalue weighted by Gasteiger charge is -2.26. The van der Waals surface area contributed by atoms with Crippen LogP contribution in [0.4, 0.5) is 17.1 Å². The van der Waals surface area contributed by atoms with Crippen molar-refractivity contribution in [3.8, 4) is 44.7 Å². The first-order valence-electron chi connectivity index (χ1n) is 17.0. The molecule has 2 nitrogen and oxygen atoms in total. The molecular formula is C48H33NO. The molecule has 0 spiro atoms. The van der Waals surface area contributed by atoms with E-state index in [1.54, 1.807) is 0 Å². The molecule has 0 unspecified atom stereocenters. The average Bonchev–Trinajstić information content (AvgIpc) is 3.64. The fraction of sp³-hybridized carbons (Fsp3) is 0. The Morgan fingerprint density at radius 3 is 1.42 bits per heavy atom. The number of fused-ring (bicyclic) bond motifs is 2. The molecule has 0 fully saturated rings. The Morgan fingerprint density at radius 1 is 0.280 bits per heavy atom. The van der Waals surface area contributed by atoms with Crippen molar-refractivity contribution < 1.29 is 4.42 Å². The third-order valence-corrected chi connectivity index (χ3v) is 9.45. The van der Waals surface area contributed by atoms with Crippen LogP contribution in [0.15, 0.2) is 205 Å². The third-order valence-electron chi connectivity index (χ3n) is 9.45. The molecule has 0 N–H and O–H groups in total. The molecule has 0 radical (unpaired) electrons. The highest BCUT2D eigenvalue weighted by molar-refractivity contribution is 5.88. The minimum absolute atomic E-state index is 0.879. The number of benzene rings is 8. The number of furan rings is 1. The van der Waals surface area contributed by atoms with Crippen LogP contribution in [0, 0.1) is 0 Å². The Labute approximate surface area is 292 Å². The molecule has 9 rings (SSSR count). The van der Waals surface area contributed by atoms with Crippen molar-refractivity contribution in [1.82, 2.24) is 0 Å². The van der Waals surface area contributed by atoms with Crippen molar-refractivity contribution >= 4 is 38.8 Å². The van der Waals surface area contributed by atoms with Crippen LogP contribution in [0.2, 0.25) is 0 Å². The van der Waals surface area contributed by atoms with Gasteiger partial charge < -0.3 is 9.32 Å². The summed E-state index contributed by atoms with van der Waals surface area (Å²) in [5, 5.41) is 3.62. The molecular weight excluding hydrogens is 607 g/mol. The lowest BCUT2D eigenvalue weighted by molar-refractivity contribution is 0.631. The van der Waals surface area contributed by atoms with Gasteiger partial charge in [0.05, 0.1) is 0 Å². The molecule has 236 valence electrons. The standard InChI is InChI=1S/C48H33NO/c1-2-17-44(18-3-1)49(46-28-24-36(25-29-46)39-14-9-16-42(32-39)48-33-43-12-6-7-19-47(43)50-48)45-26-22-35(23-27-45)38-13-8-15-40(30-38)41-21-20-34-10-4-5-11-37(34)31-41/h1-33H. The number of nitrogens with zero attached hydrogens (tertiary/aromatic N) is 1. The van der Waals surface area contributed by atoms with E-state index in [2.05, 4.69) is 187 Å². The summed E-state index contributed by atoms with van der Waals surface area (Å²) in [6.45, 7) is 0. The van der Waals surface area contributed by atoms with E-state index in [4.69, 9.17) is 4.42 Å². The number of hydrogen-bond donors (Lipinski definition) is 0. The van der Waals surface area contributed by atoms with Gasteiger partial charge in [-0.2, -0.15) is 0 Å². The second-order valence-electron chi connectivity index (χ2n) is 12.6. The van der Waals surface area contributed by atoms with Gasteiger partial charge in [0.25, 0.3) is 0 Å². The predicted molar refractivity (Wildman–Crippen MR) is 210 cm³/mol. The van der Waals surface area contributed by atoms with Crippen molar-refractivity contribution in [3.63, 3.8) is 0 Å². The third kappa shape index (κ3) is 5.74. The zero-order valence-corrected chi connectivity index (χ0v) is 27.4. The van der Waals surface area contributed by atoms with Gasteiger partial charge in [0.1, 0.15) is 11.3 Å². The van der Waals surface area contributed by atoms with E-state index < -0.39 is 0 Å². The number of para-hydroxylation sites is 2. The fourth-order valence-corrected chi connectivity index (χ4v) is 6.85. The van der Waals surface area contributed by atoms with Crippen LogP contribution < -0.4 is 4.90 Å². The van der Waals surface area contributed by atoms with Gasteiger partial charge in [-0.05, 0) is 111 Å². The topological polar surface area (TPSA) is 16.4 Å². The number of anilines is 3. The minimum Gasteiger partial charge on any atom is -0.456 e. The van der Waals surface area contributed by atoms with E-state index in [0.29, 0.717) is 0 Å². The summed E-state index contributed by atoms with van der Waals surface area (Å²) in [4.78, 5) is 2.31. The molecule has 0 aliphatic rings. The van der Waals surface area contributed by atoms with E-state index in [-0.39, 0.29) is 0 Å². The van der Waals surface area contributed by atoms with Crippen LogP contribution in [-0.4, -0.2) is 0 Å². The Bertz CT molecular complexity index is 2550. The first kappa shape index (κ1) is 29.5. The fourth-order valence-electron chi connectivity index (χ4n) is 6.85. The first-order valence-corrected chi connectivity index (χ1v) is 17.0.